The number of rotatable bonds is 11. The van der Waals surface area contributed by atoms with Crippen LogP contribution in [0.3, 0.4) is 0 Å². The molecule has 51 heavy (non-hydrogen) atoms. The molecule has 0 radical (unpaired) electrons. The molecule has 3 fully saturated rings. The van der Waals surface area contributed by atoms with Gasteiger partial charge >= 0.3 is 12.1 Å². The molecule has 7 rings (SSSR count). The number of benzene rings is 3. The summed E-state index contributed by atoms with van der Waals surface area (Å²) < 4.78 is 22.9. The molecule has 0 unspecified atom stereocenters. The van der Waals surface area contributed by atoms with Crippen LogP contribution in [-0.4, -0.2) is 72.6 Å². The van der Waals surface area contributed by atoms with Gasteiger partial charge in [-0.15, -0.1) is 0 Å². The lowest BCUT2D eigenvalue weighted by Gasteiger charge is -2.44. The minimum atomic E-state index is -0.806. The van der Waals surface area contributed by atoms with E-state index in [0.29, 0.717) is 44.8 Å². The molecule has 2 bridgehead atoms. The maximum absolute atomic E-state index is 13.7. The van der Waals surface area contributed by atoms with Crippen LogP contribution in [0.4, 0.5) is 10.5 Å². The molecule has 4 N–H and O–H groups in total. The third kappa shape index (κ3) is 8.42. The first-order chi connectivity index (χ1) is 24.1. The number of aromatic amines is 1. The smallest absolute Gasteiger partial charge is 0.415 e. The molecule has 12 nitrogen and oxygen atoms in total. The van der Waals surface area contributed by atoms with Crippen LogP contribution in [0.1, 0.15) is 46.0 Å². The van der Waals surface area contributed by atoms with Crippen molar-refractivity contribution in [1.29, 1.82) is 0 Å². The number of hydrogen-bond donors (Lipinski definition) is 2. The number of amides is 1. The van der Waals surface area contributed by atoms with Crippen molar-refractivity contribution in [1.82, 2.24) is 4.90 Å². The van der Waals surface area contributed by atoms with Gasteiger partial charge < -0.3 is 34.6 Å². The van der Waals surface area contributed by atoms with Crippen molar-refractivity contribution in [3.8, 4) is 23.0 Å². The predicted octanol–water partition coefficient (Wildman–Crippen LogP) is 6.44. The van der Waals surface area contributed by atoms with Crippen molar-refractivity contribution in [2.24, 2.45) is 5.92 Å². The number of hydrogen-bond acceptors (Lipinski definition) is 10. The molecule has 3 aromatic carbocycles. The number of anilines is 1. The van der Waals surface area contributed by atoms with Crippen LogP contribution >= 0.6 is 23.2 Å². The predicted molar refractivity (Wildman–Crippen MR) is 188 cm³/mol. The van der Waals surface area contributed by atoms with Crippen LogP contribution in [0, 0.1) is 5.92 Å². The van der Waals surface area contributed by atoms with Crippen LogP contribution < -0.4 is 19.4 Å². The number of esters is 1. The van der Waals surface area contributed by atoms with Crippen molar-refractivity contribution in [2.45, 2.75) is 38.0 Å². The lowest BCUT2D eigenvalue weighted by molar-refractivity contribution is -0.377. The highest BCUT2D eigenvalue weighted by atomic mass is 35.5. The lowest BCUT2D eigenvalue weighted by atomic mass is 9.86. The molecule has 4 aromatic rings. The third-order valence-electron chi connectivity index (χ3n) is 9.28. The van der Waals surface area contributed by atoms with Crippen LogP contribution in [0.25, 0.3) is 0 Å². The summed E-state index contributed by atoms with van der Waals surface area (Å²) >= 11 is 12.9. The Hall–Kier alpha value is -4.75. The van der Waals surface area contributed by atoms with Crippen molar-refractivity contribution in [3.05, 3.63) is 105 Å². The highest BCUT2D eigenvalue weighted by Gasteiger charge is 2.38. The number of para-hydroxylation sites is 1. The highest BCUT2D eigenvalue weighted by Crippen LogP contribution is 2.39. The molecular weight excluding hydrogens is 701 g/mol. The SMILES string of the molecule is COc1ccc([C@H](Cc2c(Cl)c[nH+]cc2Cl)OC(=O)c2ccc(CN(C(=O)O[C@H]3CN4CCC3CC4)c3c(O)cccc3O)cc2)cc1OC.[OH-]. The maximum Gasteiger partial charge on any atom is 0.415 e. The zero-order valence-corrected chi connectivity index (χ0v) is 29.6. The molecule has 4 heterocycles. The van der Waals surface area contributed by atoms with Gasteiger partial charge in [0.25, 0.3) is 0 Å². The van der Waals surface area contributed by atoms with Crippen molar-refractivity contribution in [3.63, 3.8) is 0 Å². The van der Waals surface area contributed by atoms with Gasteiger partial charge in [-0.25, -0.2) is 14.6 Å². The summed E-state index contributed by atoms with van der Waals surface area (Å²) in [6.45, 7) is 2.58. The number of pyridine rings is 1. The number of piperidine rings is 3. The average molecular weight is 741 g/mol. The van der Waals surface area contributed by atoms with E-state index in [1.54, 1.807) is 54.9 Å². The number of H-pyrrole nitrogens is 1. The van der Waals surface area contributed by atoms with Crippen LogP contribution in [0.2, 0.25) is 10.0 Å². The summed E-state index contributed by atoms with van der Waals surface area (Å²) in [4.78, 5) is 33.6. The molecule has 3 aliphatic rings. The summed E-state index contributed by atoms with van der Waals surface area (Å²) in [6.07, 6.45) is 3.50. The Morgan fingerprint density at radius 3 is 2.18 bits per heavy atom. The largest absolute Gasteiger partial charge is 0.870 e. The Kier molecular flexibility index (Phi) is 12.1. The number of halogens is 2. The van der Waals surface area contributed by atoms with E-state index in [0.717, 1.165) is 25.9 Å². The standard InChI is InChI=1S/C37H37Cl2N3O8.H2O/c1-47-31-11-10-25(16-33(31)48-2)32(17-26-27(38)18-40-19-28(26)39)49-36(45)24-8-6-22(7-9-24)20-42(35-29(43)4-3-5-30(35)44)37(46)50-34-21-41-14-12-23(34)13-15-41;/h3-11,16,18-19,23,32,34,43-44H,12-15,17,20-21H2,1-2H3;1H2/t32-,34-;/m0./s1. The lowest BCUT2D eigenvalue weighted by Crippen LogP contribution is -2.53. The molecule has 3 aliphatic heterocycles. The van der Waals surface area contributed by atoms with E-state index in [-0.39, 0.29) is 53.2 Å². The first kappa shape index (κ1) is 37.5. The fourth-order valence-electron chi connectivity index (χ4n) is 6.53. The first-order valence-corrected chi connectivity index (χ1v) is 17.0. The maximum atomic E-state index is 13.7. The Morgan fingerprint density at radius 2 is 1.59 bits per heavy atom. The molecule has 1 amide bonds. The second-order valence-corrected chi connectivity index (χ2v) is 13.1. The Bertz CT molecular complexity index is 1810. The molecule has 0 saturated carbocycles. The number of fused-ring (bicyclic) bond motifs is 3. The van der Waals surface area contributed by atoms with Crippen molar-refractivity contribution >= 4 is 41.0 Å². The van der Waals surface area contributed by atoms with Crippen molar-refractivity contribution in [2.75, 3.05) is 38.8 Å². The Balaban J connectivity index is 0.00000504. The van der Waals surface area contributed by atoms with Crippen molar-refractivity contribution < 1.29 is 49.2 Å². The number of nitrogens with zero attached hydrogens (tertiary/aromatic N) is 2. The molecule has 2 atom stereocenters. The van der Waals surface area contributed by atoms with E-state index in [1.807, 2.05) is 0 Å². The summed E-state index contributed by atoms with van der Waals surface area (Å²) in [6, 6.07) is 16.0. The molecule has 14 heteroatoms. The zero-order chi connectivity index (χ0) is 35.4. The number of aromatic nitrogens is 1. The summed E-state index contributed by atoms with van der Waals surface area (Å²) in [5.74, 6) is 0.0944. The molecular formula is C37H39Cl2N3O9. The van der Waals surface area contributed by atoms with Crippen LogP contribution in [0.5, 0.6) is 23.0 Å². The monoisotopic (exact) mass is 739 g/mol. The van der Waals surface area contributed by atoms with E-state index in [2.05, 4.69) is 9.88 Å². The van der Waals surface area contributed by atoms with Gasteiger partial charge in [-0.1, -0.05) is 47.5 Å². The van der Waals surface area contributed by atoms with Crippen LogP contribution in [-0.2, 0) is 22.4 Å². The average Bonchev–Trinajstić information content (AvgIpc) is 3.12. The molecule has 270 valence electrons. The van der Waals surface area contributed by atoms with Gasteiger partial charge in [0, 0.05) is 18.5 Å². The zero-order valence-electron chi connectivity index (χ0n) is 28.1. The van der Waals surface area contributed by atoms with E-state index in [1.165, 1.54) is 37.3 Å². The Morgan fingerprint density at radius 1 is 0.941 bits per heavy atom. The van der Waals surface area contributed by atoms with Gasteiger partial charge in [0.05, 0.1) is 26.3 Å². The number of ether oxygens (including phenoxy) is 4. The number of aromatic hydroxyl groups is 2. The summed E-state index contributed by atoms with van der Waals surface area (Å²) in [7, 11) is 3.05. The van der Waals surface area contributed by atoms with E-state index in [9.17, 15) is 19.8 Å². The van der Waals surface area contributed by atoms with E-state index >= 15 is 0 Å². The summed E-state index contributed by atoms with van der Waals surface area (Å²) in [5.41, 5.74) is 2.03. The van der Waals surface area contributed by atoms with Gasteiger partial charge in [-0.3, -0.25) is 9.80 Å². The fourth-order valence-corrected chi connectivity index (χ4v) is 7.06. The minimum absolute atomic E-state index is 0. The number of carbonyl (C=O) groups is 2. The topological polar surface area (TPSA) is 162 Å². The van der Waals surface area contributed by atoms with Gasteiger partial charge in [0.2, 0.25) is 0 Å². The third-order valence-corrected chi connectivity index (χ3v) is 9.95. The normalized spacial score (nSPS) is 18.2. The second-order valence-electron chi connectivity index (χ2n) is 12.3. The van der Waals surface area contributed by atoms with Gasteiger partial charge in [0.15, 0.2) is 23.9 Å². The number of carbonyl (C=O) groups excluding carboxylic acids is 2. The highest BCUT2D eigenvalue weighted by molar-refractivity contribution is 6.35. The first-order valence-electron chi connectivity index (χ1n) is 16.2. The number of phenols is 2. The number of phenolic OH excluding ortho intramolecular Hbond substituents is 2. The minimum Gasteiger partial charge on any atom is -0.870 e. The van der Waals surface area contributed by atoms with Gasteiger partial charge in [-0.05, 0) is 79.4 Å². The molecule has 3 saturated heterocycles. The Labute approximate surface area is 305 Å². The molecule has 0 spiro atoms. The molecule has 1 aromatic heterocycles. The number of nitrogens with one attached hydrogen (secondary N) is 1. The van der Waals surface area contributed by atoms with Gasteiger partial charge in [0.1, 0.15) is 39.4 Å². The number of methoxy groups -OCH3 is 2. The molecule has 0 aliphatic carbocycles. The van der Waals surface area contributed by atoms with E-state index < -0.39 is 18.2 Å². The fraction of sp³-hybridized carbons (Fsp3) is 0.324. The second kappa shape index (κ2) is 16.5. The summed E-state index contributed by atoms with van der Waals surface area (Å²) in [5, 5.41) is 22.1. The van der Waals surface area contributed by atoms with E-state index in [4.69, 9.17) is 42.1 Å². The van der Waals surface area contributed by atoms with Crippen LogP contribution in [0.15, 0.2) is 73.1 Å². The van der Waals surface area contributed by atoms with Gasteiger partial charge in [-0.2, -0.15) is 0 Å². The quantitative estimate of drug-likeness (QED) is 0.164.